The van der Waals surface area contributed by atoms with Gasteiger partial charge in [-0.05, 0) is 56.2 Å². The maximum atomic E-state index is 10.7. The van der Waals surface area contributed by atoms with Crippen molar-refractivity contribution < 1.29 is 9.84 Å². The van der Waals surface area contributed by atoms with Crippen molar-refractivity contribution in [1.29, 1.82) is 0 Å². The molecule has 0 radical (unpaired) electrons. The summed E-state index contributed by atoms with van der Waals surface area (Å²) in [6, 6.07) is 8.17. The minimum atomic E-state index is -0.427. The molecule has 20 heavy (non-hydrogen) atoms. The Kier molecular flexibility index (Phi) is 5.65. The van der Waals surface area contributed by atoms with Gasteiger partial charge in [0.2, 0.25) is 0 Å². The van der Waals surface area contributed by atoms with Gasteiger partial charge in [0.25, 0.3) is 0 Å². The predicted octanol–water partition coefficient (Wildman–Crippen LogP) is 4.34. The molecule has 1 atom stereocenters. The number of rotatable bonds is 5. The minimum absolute atomic E-state index is 0.344. The van der Waals surface area contributed by atoms with Crippen LogP contribution >= 0.6 is 15.9 Å². The number of benzene rings is 1. The fourth-order valence-electron chi connectivity index (χ4n) is 3.19. The van der Waals surface area contributed by atoms with Gasteiger partial charge in [0, 0.05) is 17.5 Å². The first-order valence-electron chi connectivity index (χ1n) is 7.62. The normalized spacial score (nSPS) is 28.3. The van der Waals surface area contributed by atoms with Crippen LogP contribution in [-0.2, 0) is 11.2 Å². The van der Waals surface area contributed by atoms with Gasteiger partial charge in [0.05, 0.1) is 11.7 Å². The van der Waals surface area contributed by atoms with Crippen LogP contribution in [0.3, 0.4) is 0 Å². The smallest absolute Gasteiger partial charge is 0.0943 e. The average molecular weight is 341 g/mol. The van der Waals surface area contributed by atoms with Gasteiger partial charge >= 0.3 is 0 Å². The van der Waals surface area contributed by atoms with Gasteiger partial charge in [-0.15, -0.1) is 0 Å². The van der Waals surface area contributed by atoms with E-state index in [1.54, 1.807) is 0 Å². The lowest BCUT2D eigenvalue weighted by Crippen LogP contribution is -2.48. The molecule has 1 unspecified atom stereocenters. The lowest BCUT2D eigenvalue weighted by atomic mass is 9.75. The molecule has 112 valence electrons. The van der Waals surface area contributed by atoms with Crippen LogP contribution in [-0.4, -0.2) is 23.4 Å². The Morgan fingerprint density at radius 3 is 2.70 bits per heavy atom. The molecular formula is C17H25BrO2. The van der Waals surface area contributed by atoms with Crippen LogP contribution in [0.4, 0.5) is 0 Å². The van der Waals surface area contributed by atoms with Crippen molar-refractivity contribution in [2.75, 3.05) is 6.61 Å². The molecule has 1 fully saturated rings. The van der Waals surface area contributed by atoms with E-state index in [9.17, 15) is 5.11 Å². The molecule has 0 aliphatic heterocycles. The third-order valence-corrected chi connectivity index (χ3v) is 4.97. The number of halogens is 1. The lowest BCUT2D eigenvalue weighted by molar-refractivity contribution is -0.143. The molecule has 2 nitrogen and oxygen atoms in total. The third-order valence-electron chi connectivity index (χ3n) is 4.48. The summed E-state index contributed by atoms with van der Waals surface area (Å²) in [5, 5.41) is 10.7. The second-order valence-corrected chi connectivity index (χ2v) is 6.95. The Labute approximate surface area is 130 Å². The molecule has 2 rings (SSSR count). The van der Waals surface area contributed by atoms with Crippen molar-refractivity contribution in [3.05, 3.63) is 34.3 Å². The highest BCUT2D eigenvalue weighted by Gasteiger charge is 2.41. The molecule has 1 saturated carbocycles. The molecule has 1 N–H and O–H groups in total. The zero-order valence-corrected chi connectivity index (χ0v) is 14.0. The first-order chi connectivity index (χ1) is 9.55. The van der Waals surface area contributed by atoms with Crippen LogP contribution < -0.4 is 0 Å². The monoisotopic (exact) mass is 340 g/mol. The summed E-state index contributed by atoms with van der Waals surface area (Å²) in [6.07, 6.45) is 4.47. The number of hydrogen-bond donors (Lipinski definition) is 1. The Balaban J connectivity index is 2.09. The highest BCUT2D eigenvalue weighted by Crippen LogP contribution is 2.38. The number of ether oxygens (including phenoxy) is 1. The zero-order chi connectivity index (χ0) is 14.6. The van der Waals surface area contributed by atoms with Gasteiger partial charge in [0.1, 0.15) is 0 Å². The molecule has 0 saturated heterocycles. The highest BCUT2D eigenvalue weighted by atomic mass is 79.9. The Morgan fingerprint density at radius 1 is 1.40 bits per heavy atom. The quantitative estimate of drug-likeness (QED) is 0.863. The van der Waals surface area contributed by atoms with Gasteiger partial charge in [0.15, 0.2) is 0 Å². The van der Waals surface area contributed by atoms with E-state index in [0.29, 0.717) is 13.0 Å². The standard InChI is InChI=1S/C17H25BrO2/c1-3-20-17(9-7-13(2)8-10-17)16(19)12-14-5-4-6-15(18)11-14/h4-6,11,13,16,19H,3,7-10,12H2,1-2H3. The Bertz CT molecular complexity index is 425. The van der Waals surface area contributed by atoms with Gasteiger partial charge < -0.3 is 9.84 Å². The topological polar surface area (TPSA) is 29.5 Å². The van der Waals surface area contributed by atoms with Crippen LogP contribution in [0.5, 0.6) is 0 Å². The number of hydrogen-bond acceptors (Lipinski definition) is 2. The summed E-state index contributed by atoms with van der Waals surface area (Å²) in [5.74, 6) is 0.752. The summed E-state index contributed by atoms with van der Waals surface area (Å²) in [6.45, 7) is 4.98. The summed E-state index contributed by atoms with van der Waals surface area (Å²) in [5.41, 5.74) is 0.813. The van der Waals surface area contributed by atoms with Crippen LogP contribution in [0.2, 0.25) is 0 Å². The molecule has 1 aromatic carbocycles. The molecule has 1 aromatic rings. The summed E-state index contributed by atoms with van der Waals surface area (Å²) in [7, 11) is 0. The molecule has 0 amide bonds. The molecule has 0 heterocycles. The van der Waals surface area contributed by atoms with E-state index in [1.807, 2.05) is 19.1 Å². The third kappa shape index (κ3) is 3.84. The van der Waals surface area contributed by atoms with Crippen molar-refractivity contribution in [2.45, 2.75) is 57.7 Å². The lowest BCUT2D eigenvalue weighted by Gasteiger charge is -2.42. The van der Waals surface area contributed by atoms with Gasteiger partial charge in [-0.1, -0.05) is 35.0 Å². The first kappa shape index (κ1) is 16.0. The van der Waals surface area contributed by atoms with E-state index in [1.165, 1.54) is 0 Å². The van der Waals surface area contributed by atoms with E-state index in [0.717, 1.165) is 41.6 Å². The number of aliphatic hydroxyl groups is 1. The second-order valence-electron chi connectivity index (χ2n) is 6.03. The largest absolute Gasteiger partial charge is 0.390 e. The van der Waals surface area contributed by atoms with Crippen molar-refractivity contribution >= 4 is 15.9 Å². The van der Waals surface area contributed by atoms with E-state index in [4.69, 9.17) is 4.74 Å². The van der Waals surface area contributed by atoms with E-state index in [-0.39, 0.29) is 5.60 Å². The minimum Gasteiger partial charge on any atom is -0.390 e. The Morgan fingerprint density at radius 2 is 2.10 bits per heavy atom. The first-order valence-corrected chi connectivity index (χ1v) is 8.41. The molecule has 0 spiro atoms. The van der Waals surface area contributed by atoms with Gasteiger partial charge in [-0.25, -0.2) is 0 Å². The van der Waals surface area contributed by atoms with Gasteiger partial charge in [-0.2, -0.15) is 0 Å². The second kappa shape index (κ2) is 7.06. The number of aliphatic hydroxyl groups excluding tert-OH is 1. The van der Waals surface area contributed by atoms with E-state index in [2.05, 4.69) is 35.0 Å². The zero-order valence-electron chi connectivity index (χ0n) is 12.4. The fourth-order valence-corrected chi connectivity index (χ4v) is 3.63. The Hall–Kier alpha value is -0.380. The van der Waals surface area contributed by atoms with Crippen LogP contribution in [0.15, 0.2) is 28.7 Å². The van der Waals surface area contributed by atoms with Crippen molar-refractivity contribution in [3.63, 3.8) is 0 Å². The molecule has 0 aromatic heterocycles. The SMILES string of the molecule is CCOC1(C(O)Cc2cccc(Br)c2)CCC(C)CC1. The van der Waals surface area contributed by atoms with Crippen molar-refractivity contribution in [2.24, 2.45) is 5.92 Å². The maximum Gasteiger partial charge on any atom is 0.0943 e. The average Bonchev–Trinajstić information content (AvgIpc) is 2.42. The van der Waals surface area contributed by atoms with Crippen molar-refractivity contribution in [3.8, 4) is 0 Å². The summed E-state index contributed by atoms with van der Waals surface area (Å²) < 4.78 is 7.08. The van der Waals surface area contributed by atoms with Crippen LogP contribution in [0.25, 0.3) is 0 Å². The summed E-state index contributed by atoms with van der Waals surface area (Å²) >= 11 is 3.49. The highest BCUT2D eigenvalue weighted by molar-refractivity contribution is 9.10. The maximum absolute atomic E-state index is 10.7. The van der Waals surface area contributed by atoms with Crippen LogP contribution in [0, 0.1) is 5.92 Å². The van der Waals surface area contributed by atoms with Crippen LogP contribution in [0.1, 0.15) is 45.1 Å². The van der Waals surface area contributed by atoms with Crippen molar-refractivity contribution in [1.82, 2.24) is 0 Å². The van der Waals surface area contributed by atoms with E-state index >= 15 is 0 Å². The fraction of sp³-hybridized carbons (Fsp3) is 0.647. The molecule has 3 heteroatoms. The molecule has 1 aliphatic rings. The van der Waals surface area contributed by atoms with Gasteiger partial charge in [-0.3, -0.25) is 0 Å². The summed E-state index contributed by atoms with van der Waals surface area (Å²) in [4.78, 5) is 0. The van der Waals surface area contributed by atoms with E-state index < -0.39 is 6.10 Å². The molecular weight excluding hydrogens is 316 g/mol. The molecule has 0 bridgehead atoms. The molecule has 1 aliphatic carbocycles. The predicted molar refractivity (Wildman–Crippen MR) is 85.8 cm³/mol.